The quantitative estimate of drug-likeness (QED) is 0.460. The normalized spacial score (nSPS) is 12.4. The Morgan fingerprint density at radius 3 is 2.67 bits per heavy atom. The van der Waals surface area contributed by atoms with Gasteiger partial charge in [-0.3, -0.25) is 0 Å². The third-order valence-corrected chi connectivity index (χ3v) is 0.665. The van der Waals surface area contributed by atoms with Gasteiger partial charge in [-0.15, -0.1) is 18.4 Å². The van der Waals surface area contributed by atoms with Gasteiger partial charge in [0.2, 0.25) is 0 Å². The molecular weight excluding hydrogens is 201 g/mol. The zero-order valence-electron chi connectivity index (χ0n) is 4.57. The van der Waals surface area contributed by atoms with Crippen molar-refractivity contribution in [3.8, 4) is 0 Å². The van der Waals surface area contributed by atoms with Gasteiger partial charge in [-0.1, -0.05) is 6.20 Å². The molecule has 1 aliphatic rings. The molecule has 1 heterocycles. The Morgan fingerprint density at radius 1 is 1.11 bits per heavy atom. The van der Waals surface area contributed by atoms with Crippen LogP contribution in [0, 0.1) is 6.20 Å². The van der Waals surface area contributed by atoms with E-state index in [1.54, 1.807) is 0 Å². The molecule has 3 heteroatoms. The van der Waals surface area contributed by atoms with Crippen LogP contribution in [0.2, 0.25) is 0 Å². The van der Waals surface area contributed by atoms with Crippen LogP contribution in [-0.4, -0.2) is 0 Å². The smallest absolute Gasteiger partial charge is 0 e. The fraction of sp³-hybridized carbons (Fsp3) is 0. The first kappa shape index (κ1) is 11.8. The second-order valence-corrected chi connectivity index (χ2v) is 1.20. The Bertz CT molecular complexity index is 115. The van der Waals surface area contributed by atoms with Crippen LogP contribution in [0.4, 0.5) is 0 Å². The topological polar surface area (TPSA) is 12.0 Å². The Labute approximate surface area is 76.0 Å². The van der Waals surface area contributed by atoms with E-state index in [0.717, 1.165) is 0 Å². The monoisotopic (exact) mass is 207 g/mol. The third-order valence-electron chi connectivity index (χ3n) is 0.665. The van der Waals surface area contributed by atoms with Gasteiger partial charge in [0.05, 0.1) is 0 Å². The molecular formula is C6H6CoFeN-. The standard InChI is InChI=1S/C6H6N.Co.Fe/c1-2-4-6-7-5-3-1;;/h1-5,7H;;/q-1;;. The third kappa shape index (κ3) is 5.92. The molecule has 0 spiro atoms. The number of hydrogen-bond donors (Lipinski definition) is 1. The van der Waals surface area contributed by atoms with Crippen molar-refractivity contribution >= 4 is 0 Å². The van der Waals surface area contributed by atoms with E-state index in [1.165, 1.54) is 0 Å². The van der Waals surface area contributed by atoms with E-state index < -0.39 is 0 Å². The van der Waals surface area contributed by atoms with Crippen LogP contribution in [0.25, 0.3) is 0 Å². The first-order valence-electron chi connectivity index (χ1n) is 2.16. The van der Waals surface area contributed by atoms with Gasteiger partial charge >= 0.3 is 0 Å². The maximum atomic E-state index is 2.80. The van der Waals surface area contributed by atoms with Crippen molar-refractivity contribution in [3.63, 3.8) is 0 Å². The summed E-state index contributed by atoms with van der Waals surface area (Å²) in [4.78, 5) is 0. The summed E-state index contributed by atoms with van der Waals surface area (Å²) in [7, 11) is 0. The van der Waals surface area contributed by atoms with Crippen LogP contribution in [0.5, 0.6) is 0 Å². The molecule has 0 atom stereocenters. The summed E-state index contributed by atoms with van der Waals surface area (Å²) < 4.78 is 0. The molecule has 0 amide bonds. The molecule has 0 saturated heterocycles. The van der Waals surface area contributed by atoms with E-state index >= 15 is 0 Å². The second-order valence-electron chi connectivity index (χ2n) is 1.20. The van der Waals surface area contributed by atoms with Gasteiger partial charge in [0.1, 0.15) is 0 Å². The average molecular weight is 207 g/mol. The molecule has 9 heavy (non-hydrogen) atoms. The van der Waals surface area contributed by atoms with Crippen LogP contribution in [0.1, 0.15) is 0 Å². The Balaban J connectivity index is 0. The molecule has 1 nitrogen and oxygen atoms in total. The zero-order chi connectivity index (χ0) is 4.95. The van der Waals surface area contributed by atoms with Crippen molar-refractivity contribution in [3.05, 3.63) is 36.7 Å². The molecule has 0 bridgehead atoms. The molecule has 0 fully saturated rings. The number of rotatable bonds is 0. The van der Waals surface area contributed by atoms with Gasteiger partial charge in [0.25, 0.3) is 0 Å². The Morgan fingerprint density at radius 2 is 1.89 bits per heavy atom. The molecule has 1 aliphatic heterocycles. The second kappa shape index (κ2) is 8.05. The first-order chi connectivity index (χ1) is 3.50. The summed E-state index contributed by atoms with van der Waals surface area (Å²) in [6, 6.07) is 0. The van der Waals surface area contributed by atoms with Crippen LogP contribution in [0.15, 0.2) is 30.5 Å². The van der Waals surface area contributed by atoms with Crippen molar-refractivity contribution in [2.24, 2.45) is 0 Å². The maximum Gasteiger partial charge on any atom is 0 e. The fourth-order valence-corrected chi connectivity index (χ4v) is 0.368. The van der Waals surface area contributed by atoms with Gasteiger partial charge in [-0.05, 0) is 0 Å². The summed E-state index contributed by atoms with van der Waals surface area (Å²) in [6.45, 7) is 0. The molecule has 0 aromatic carbocycles. The van der Waals surface area contributed by atoms with Gasteiger partial charge in [-0.2, -0.15) is 12.2 Å². The van der Waals surface area contributed by atoms with Crippen LogP contribution < -0.4 is 5.32 Å². The summed E-state index contributed by atoms with van der Waals surface area (Å²) in [5.41, 5.74) is 0. The summed E-state index contributed by atoms with van der Waals surface area (Å²) in [6.07, 6.45) is 12.2. The molecule has 1 rings (SSSR count). The summed E-state index contributed by atoms with van der Waals surface area (Å²) >= 11 is 0. The summed E-state index contributed by atoms with van der Waals surface area (Å²) in [5.74, 6) is 0. The molecule has 0 aromatic rings. The SMILES string of the molecule is [C-]1=CC=CC=CN1.[Co].[Fe]. The number of allylic oxidation sites excluding steroid dienone is 4. The van der Waals surface area contributed by atoms with E-state index in [0.29, 0.717) is 0 Å². The van der Waals surface area contributed by atoms with Crippen molar-refractivity contribution < 1.29 is 33.8 Å². The minimum Gasteiger partial charge on any atom is -0.474 e. The molecule has 1 N–H and O–H groups in total. The molecule has 0 unspecified atom stereocenters. The summed E-state index contributed by atoms with van der Waals surface area (Å²) in [5, 5.41) is 2.80. The zero-order valence-corrected chi connectivity index (χ0v) is 6.72. The Hall–Kier alpha value is 0.0460. The average Bonchev–Trinajstić information content (AvgIpc) is 1.90. The first-order valence-corrected chi connectivity index (χ1v) is 2.16. The Kier molecular flexibility index (Phi) is 10.5. The maximum absolute atomic E-state index is 2.80. The predicted molar refractivity (Wildman–Crippen MR) is 29.2 cm³/mol. The van der Waals surface area contributed by atoms with Crippen LogP contribution >= 0.6 is 0 Å². The molecule has 0 saturated carbocycles. The van der Waals surface area contributed by atoms with E-state index in [1.807, 2.05) is 30.5 Å². The molecule has 53 valence electrons. The van der Waals surface area contributed by atoms with Crippen molar-refractivity contribution in [1.29, 1.82) is 0 Å². The van der Waals surface area contributed by atoms with Crippen LogP contribution in [-0.2, 0) is 33.8 Å². The van der Waals surface area contributed by atoms with Crippen molar-refractivity contribution in [2.45, 2.75) is 0 Å². The van der Waals surface area contributed by atoms with E-state index in [-0.39, 0.29) is 33.8 Å². The van der Waals surface area contributed by atoms with Crippen LogP contribution in [0.3, 0.4) is 0 Å². The van der Waals surface area contributed by atoms with Gasteiger partial charge in [0.15, 0.2) is 0 Å². The number of hydrogen-bond acceptors (Lipinski definition) is 1. The predicted octanol–water partition coefficient (Wildman–Crippen LogP) is 0.971. The van der Waals surface area contributed by atoms with E-state index in [9.17, 15) is 0 Å². The van der Waals surface area contributed by atoms with Gasteiger partial charge < -0.3 is 5.32 Å². The van der Waals surface area contributed by atoms with Crippen molar-refractivity contribution in [2.75, 3.05) is 0 Å². The van der Waals surface area contributed by atoms with E-state index in [2.05, 4.69) is 11.5 Å². The number of nitrogens with one attached hydrogen (secondary N) is 1. The fourth-order valence-electron chi connectivity index (χ4n) is 0.368. The molecule has 1 radical (unpaired) electrons. The van der Waals surface area contributed by atoms with Gasteiger partial charge in [-0.25, -0.2) is 0 Å². The van der Waals surface area contributed by atoms with Gasteiger partial charge in [0, 0.05) is 33.8 Å². The molecule has 0 aromatic heterocycles. The molecule has 0 aliphatic carbocycles. The largest absolute Gasteiger partial charge is 0.474 e. The van der Waals surface area contributed by atoms with E-state index in [4.69, 9.17) is 0 Å². The van der Waals surface area contributed by atoms with Crippen molar-refractivity contribution in [1.82, 2.24) is 5.32 Å². The minimum absolute atomic E-state index is 0. The minimum atomic E-state index is 0.